The Morgan fingerprint density at radius 1 is 1.23 bits per heavy atom. The smallest absolute Gasteiger partial charge is 0.252 e. The summed E-state index contributed by atoms with van der Waals surface area (Å²) in [7, 11) is -2.45. The minimum atomic E-state index is -3.80. The molecule has 0 bridgehead atoms. The molecule has 2 aromatic rings. The molecule has 30 heavy (non-hydrogen) atoms. The average Bonchev–Trinajstić information content (AvgIpc) is 3.15. The van der Waals surface area contributed by atoms with Crippen molar-refractivity contribution in [2.24, 2.45) is 11.7 Å². The van der Waals surface area contributed by atoms with Crippen molar-refractivity contribution < 1.29 is 18.0 Å². The molecule has 0 radical (unpaired) electrons. The molecule has 1 aromatic heterocycles. The second-order valence-electron chi connectivity index (χ2n) is 7.05. The lowest BCUT2D eigenvalue weighted by molar-refractivity contribution is -0.122. The number of carbonyl (C=O) groups is 2. The van der Waals surface area contributed by atoms with Gasteiger partial charge in [-0.2, -0.15) is 4.31 Å². The summed E-state index contributed by atoms with van der Waals surface area (Å²) >= 11 is 6.77. The van der Waals surface area contributed by atoms with Crippen LogP contribution in [0.15, 0.2) is 40.6 Å². The number of thiophene rings is 1. The third kappa shape index (κ3) is 5.12. The van der Waals surface area contributed by atoms with Gasteiger partial charge in [0, 0.05) is 26.1 Å². The Kier molecular flexibility index (Phi) is 7.02. The van der Waals surface area contributed by atoms with Crippen LogP contribution in [-0.4, -0.2) is 51.2 Å². The first kappa shape index (κ1) is 22.5. The molecule has 1 aliphatic rings. The Balaban J connectivity index is 1.67. The third-order valence-corrected chi connectivity index (χ3v) is 8.50. The number of nitrogens with one attached hydrogen (secondary N) is 1. The van der Waals surface area contributed by atoms with Crippen molar-refractivity contribution >= 4 is 56.2 Å². The van der Waals surface area contributed by atoms with Crippen LogP contribution in [0.25, 0.3) is 0 Å². The van der Waals surface area contributed by atoms with Gasteiger partial charge in [-0.25, -0.2) is 8.42 Å². The van der Waals surface area contributed by atoms with E-state index in [-0.39, 0.29) is 22.6 Å². The summed E-state index contributed by atoms with van der Waals surface area (Å²) in [5.74, 6) is -0.872. The van der Waals surface area contributed by atoms with E-state index >= 15 is 0 Å². The molecule has 0 saturated carbocycles. The minimum Gasteiger partial charge on any atom is -0.370 e. The van der Waals surface area contributed by atoms with Gasteiger partial charge in [-0.1, -0.05) is 23.7 Å². The van der Waals surface area contributed by atoms with Crippen molar-refractivity contribution in [2.75, 3.05) is 36.9 Å². The molecule has 1 aromatic carbocycles. The normalized spacial score (nSPS) is 15.4. The first-order chi connectivity index (χ1) is 14.2. The maximum absolute atomic E-state index is 12.6. The van der Waals surface area contributed by atoms with E-state index in [2.05, 4.69) is 10.2 Å². The van der Waals surface area contributed by atoms with Crippen LogP contribution in [0.2, 0.25) is 4.34 Å². The molecule has 3 rings (SSSR count). The van der Waals surface area contributed by atoms with Crippen LogP contribution in [0.3, 0.4) is 0 Å². The number of benzene rings is 1. The van der Waals surface area contributed by atoms with Crippen molar-refractivity contribution in [1.82, 2.24) is 4.31 Å². The summed E-state index contributed by atoms with van der Waals surface area (Å²) < 4.78 is 26.6. The van der Waals surface area contributed by atoms with E-state index < -0.39 is 15.9 Å². The van der Waals surface area contributed by atoms with Gasteiger partial charge in [0.2, 0.25) is 11.8 Å². The van der Waals surface area contributed by atoms with Crippen LogP contribution in [0.5, 0.6) is 0 Å². The predicted octanol–water partition coefficient (Wildman–Crippen LogP) is 2.36. The van der Waals surface area contributed by atoms with Crippen LogP contribution in [0, 0.1) is 5.92 Å². The number of sulfonamides is 1. The summed E-state index contributed by atoms with van der Waals surface area (Å²) in [5, 5.41) is 2.80. The molecule has 0 aliphatic carbocycles. The molecular weight excluding hydrogens is 448 g/mol. The van der Waals surface area contributed by atoms with Crippen LogP contribution in [0.1, 0.15) is 12.8 Å². The van der Waals surface area contributed by atoms with Gasteiger partial charge in [0.15, 0.2) is 0 Å². The minimum absolute atomic E-state index is 0.0838. The SMILES string of the molecule is CN(CC(=O)Nc1ccccc1N1CCC(C(N)=O)CC1)S(=O)(=O)c1ccc(Cl)s1. The summed E-state index contributed by atoms with van der Waals surface area (Å²) in [6, 6.07) is 10.2. The van der Waals surface area contributed by atoms with E-state index in [4.69, 9.17) is 17.3 Å². The fourth-order valence-electron chi connectivity index (χ4n) is 3.33. The number of nitrogens with two attached hydrogens (primary N) is 1. The van der Waals surface area contributed by atoms with Gasteiger partial charge in [0.1, 0.15) is 4.21 Å². The highest BCUT2D eigenvalue weighted by Crippen LogP contribution is 2.30. The Morgan fingerprint density at radius 3 is 2.50 bits per heavy atom. The van der Waals surface area contributed by atoms with Gasteiger partial charge in [0.05, 0.1) is 22.3 Å². The van der Waals surface area contributed by atoms with Gasteiger partial charge >= 0.3 is 0 Å². The number of piperidine rings is 1. The Labute approximate surface area is 184 Å². The highest BCUT2D eigenvalue weighted by molar-refractivity contribution is 7.91. The Bertz CT molecular complexity index is 1030. The molecule has 0 unspecified atom stereocenters. The van der Waals surface area contributed by atoms with Crippen LogP contribution >= 0.6 is 22.9 Å². The number of rotatable bonds is 7. The number of nitrogens with zero attached hydrogens (tertiary/aromatic N) is 2. The summed E-state index contributed by atoms with van der Waals surface area (Å²) in [4.78, 5) is 26.0. The number of amides is 2. The second kappa shape index (κ2) is 9.34. The second-order valence-corrected chi connectivity index (χ2v) is 11.0. The zero-order valence-electron chi connectivity index (χ0n) is 16.4. The maximum Gasteiger partial charge on any atom is 0.252 e. The molecule has 1 aliphatic heterocycles. The molecule has 1 saturated heterocycles. The van der Waals surface area contributed by atoms with E-state index in [9.17, 15) is 18.0 Å². The topological polar surface area (TPSA) is 113 Å². The number of halogens is 1. The monoisotopic (exact) mass is 470 g/mol. The molecule has 2 amide bonds. The van der Waals surface area contributed by atoms with Crippen molar-refractivity contribution in [2.45, 2.75) is 17.1 Å². The standard InChI is InChI=1S/C19H23ClN4O4S2/c1-23(30(27,28)18-7-6-16(20)29-18)12-17(25)22-14-4-2-3-5-15(14)24-10-8-13(9-11-24)19(21)26/h2-7,13H,8-12H2,1H3,(H2,21,26)(H,22,25). The van der Waals surface area contributed by atoms with Crippen molar-refractivity contribution in [3.8, 4) is 0 Å². The fourth-order valence-corrected chi connectivity index (χ4v) is 6.15. The van der Waals surface area contributed by atoms with Gasteiger partial charge < -0.3 is 16.0 Å². The van der Waals surface area contributed by atoms with Crippen LogP contribution in [0.4, 0.5) is 11.4 Å². The molecule has 162 valence electrons. The van der Waals surface area contributed by atoms with Gasteiger partial charge in [0.25, 0.3) is 10.0 Å². The molecule has 0 spiro atoms. The van der Waals surface area contributed by atoms with Crippen molar-refractivity contribution in [3.63, 3.8) is 0 Å². The third-order valence-electron chi connectivity index (χ3n) is 5.00. The molecular formula is C19H23ClN4O4S2. The number of primary amides is 1. The van der Waals surface area contributed by atoms with E-state index in [1.54, 1.807) is 12.1 Å². The lowest BCUT2D eigenvalue weighted by Crippen LogP contribution is -2.39. The van der Waals surface area contributed by atoms with Gasteiger partial charge in [-0.05, 0) is 37.1 Å². The highest BCUT2D eigenvalue weighted by Gasteiger charge is 2.27. The van der Waals surface area contributed by atoms with Crippen molar-refractivity contribution in [1.29, 1.82) is 0 Å². The summed E-state index contributed by atoms with van der Waals surface area (Å²) in [6.07, 6.45) is 1.31. The first-order valence-electron chi connectivity index (χ1n) is 9.33. The Hall–Kier alpha value is -2.14. The van der Waals surface area contributed by atoms with Crippen molar-refractivity contribution in [3.05, 3.63) is 40.7 Å². The molecule has 3 N–H and O–H groups in total. The maximum atomic E-state index is 12.6. The number of carbonyl (C=O) groups excluding carboxylic acids is 2. The van der Waals surface area contributed by atoms with E-state index in [1.807, 2.05) is 12.1 Å². The lowest BCUT2D eigenvalue weighted by atomic mass is 9.96. The number of anilines is 2. The summed E-state index contributed by atoms with van der Waals surface area (Å²) in [6.45, 7) is 0.956. The van der Waals surface area contributed by atoms with E-state index in [0.717, 1.165) is 21.3 Å². The summed E-state index contributed by atoms with van der Waals surface area (Å²) in [5.41, 5.74) is 6.81. The van der Waals surface area contributed by atoms with Gasteiger partial charge in [-0.3, -0.25) is 9.59 Å². The molecule has 11 heteroatoms. The average molecular weight is 471 g/mol. The van der Waals surface area contributed by atoms with E-state index in [0.29, 0.717) is 36.0 Å². The quantitative estimate of drug-likeness (QED) is 0.645. The predicted molar refractivity (Wildman–Crippen MR) is 118 cm³/mol. The molecule has 8 nitrogen and oxygen atoms in total. The molecule has 0 atom stereocenters. The van der Waals surface area contributed by atoms with Gasteiger partial charge in [-0.15, -0.1) is 11.3 Å². The van der Waals surface area contributed by atoms with Crippen LogP contribution < -0.4 is 16.0 Å². The zero-order valence-corrected chi connectivity index (χ0v) is 18.8. The number of hydrogen-bond acceptors (Lipinski definition) is 6. The first-order valence-corrected chi connectivity index (χ1v) is 12.0. The largest absolute Gasteiger partial charge is 0.370 e. The molecule has 1 fully saturated rings. The van der Waals surface area contributed by atoms with E-state index in [1.165, 1.54) is 19.2 Å². The number of likely N-dealkylation sites (N-methyl/N-ethyl adjacent to an activating group) is 1. The zero-order chi connectivity index (χ0) is 21.9. The number of para-hydroxylation sites is 2. The Morgan fingerprint density at radius 2 is 1.90 bits per heavy atom. The van der Waals surface area contributed by atoms with Crippen LogP contribution in [-0.2, 0) is 19.6 Å². The lowest BCUT2D eigenvalue weighted by Gasteiger charge is -2.33. The number of hydrogen-bond donors (Lipinski definition) is 2. The highest BCUT2D eigenvalue weighted by atomic mass is 35.5. The fraction of sp³-hybridized carbons (Fsp3) is 0.368. The molecule has 2 heterocycles.